The molecular weight excluding hydrogens is 306 g/mol. The van der Waals surface area contributed by atoms with Crippen LogP contribution >= 0.6 is 0 Å². The molecule has 0 heterocycles. The SMILES string of the molecule is C=CCOc1ccc(C(=O)Nc2ccccc2C(=O)OCC)cc1. The van der Waals surface area contributed by atoms with E-state index < -0.39 is 5.97 Å². The minimum Gasteiger partial charge on any atom is -0.490 e. The quantitative estimate of drug-likeness (QED) is 0.623. The molecule has 0 aliphatic heterocycles. The lowest BCUT2D eigenvalue weighted by Gasteiger charge is -2.10. The third kappa shape index (κ3) is 4.46. The van der Waals surface area contributed by atoms with E-state index in [1.807, 2.05) is 0 Å². The average Bonchev–Trinajstić information content (AvgIpc) is 2.61. The Bertz CT molecular complexity index is 722. The summed E-state index contributed by atoms with van der Waals surface area (Å²) < 4.78 is 10.4. The molecule has 24 heavy (non-hydrogen) atoms. The molecule has 0 aromatic heterocycles. The van der Waals surface area contributed by atoms with Crippen LogP contribution in [0.3, 0.4) is 0 Å². The molecule has 2 aromatic carbocycles. The molecule has 0 bridgehead atoms. The number of para-hydroxylation sites is 1. The molecule has 0 saturated carbocycles. The van der Waals surface area contributed by atoms with Crippen LogP contribution in [0.15, 0.2) is 61.2 Å². The van der Waals surface area contributed by atoms with Gasteiger partial charge in [-0.3, -0.25) is 4.79 Å². The van der Waals surface area contributed by atoms with Gasteiger partial charge in [-0.1, -0.05) is 24.8 Å². The van der Waals surface area contributed by atoms with Crippen molar-refractivity contribution >= 4 is 17.6 Å². The van der Waals surface area contributed by atoms with Crippen molar-refractivity contribution in [1.29, 1.82) is 0 Å². The van der Waals surface area contributed by atoms with E-state index in [4.69, 9.17) is 9.47 Å². The van der Waals surface area contributed by atoms with Crippen LogP contribution in [-0.4, -0.2) is 25.1 Å². The Kier molecular flexibility index (Phi) is 6.14. The number of carbonyl (C=O) groups is 2. The fourth-order valence-electron chi connectivity index (χ4n) is 2.03. The van der Waals surface area contributed by atoms with E-state index in [9.17, 15) is 9.59 Å². The second kappa shape index (κ2) is 8.53. The predicted octanol–water partition coefficient (Wildman–Crippen LogP) is 3.68. The highest BCUT2D eigenvalue weighted by Crippen LogP contribution is 2.18. The van der Waals surface area contributed by atoms with Gasteiger partial charge in [-0.15, -0.1) is 0 Å². The second-order valence-corrected chi connectivity index (χ2v) is 4.84. The first-order valence-electron chi connectivity index (χ1n) is 7.57. The third-order valence-electron chi connectivity index (χ3n) is 3.15. The topological polar surface area (TPSA) is 64.6 Å². The summed E-state index contributed by atoms with van der Waals surface area (Å²) in [5.41, 5.74) is 1.19. The van der Waals surface area contributed by atoms with E-state index in [0.717, 1.165) is 0 Å². The lowest BCUT2D eigenvalue weighted by Crippen LogP contribution is -2.15. The van der Waals surface area contributed by atoms with Gasteiger partial charge in [-0.2, -0.15) is 0 Å². The van der Waals surface area contributed by atoms with Gasteiger partial charge in [0, 0.05) is 5.56 Å². The number of esters is 1. The third-order valence-corrected chi connectivity index (χ3v) is 3.15. The van der Waals surface area contributed by atoms with Crippen molar-refractivity contribution in [2.75, 3.05) is 18.5 Å². The number of ether oxygens (including phenoxy) is 2. The number of anilines is 1. The molecule has 5 nitrogen and oxygen atoms in total. The number of amides is 1. The highest BCUT2D eigenvalue weighted by Gasteiger charge is 2.14. The summed E-state index contributed by atoms with van der Waals surface area (Å²) in [5.74, 6) is -0.137. The first-order valence-corrected chi connectivity index (χ1v) is 7.57. The summed E-state index contributed by atoms with van der Waals surface area (Å²) >= 11 is 0. The Balaban J connectivity index is 2.12. The monoisotopic (exact) mass is 325 g/mol. The van der Waals surface area contributed by atoms with Crippen LogP contribution in [0.4, 0.5) is 5.69 Å². The standard InChI is InChI=1S/C19H19NO4/c1-3-13-24-15-11-9-14(10-12-15)18(21)20-17-8-6-5-7-16(17)19(22)23-4-2/h3,5-12H,1,4,13H2,2H3,(H,20,21). The van der Waals surface area contributed by atoms with Crippen LogP contribution in [0.1, 0.15) is 27.6 Å². The normalized spacial score (nSPS) is 9.88. The number of nitrogens with one attached hydrogen (secondary N) is 1. The molecule has 2 rings (SSSR count). The fraction of sp³-hybridized carbons (Fsp3) is 0.158. The molecule has 0 unspecified atom stereocenters. The van der Waals surface area contributed by atoms with Crippen molar-refractivity contribution in [2.24, 2.45) is 0 Å². The zero-order valence-electron chi connectivity index (χ0n) is 13.5. The molecular formula is C19H19NO4. The van der Waals surface area contributed by atoms with Crippen LogP contribution in [0.25, 0.3) is 0 Å². The molecule has 0 aliphatic rings. The molecule has 0 aliphatic carbocycles. The van der Waals surface area contributed by atoms with E-state index in [1.54, 1.807) is 61.5 Å². The zero-order valence-corrected chi connectivity index (χ0v) is 13.5. The molecule has 1 N–H and O–H groups in total. The van der Waals surface area contributed by atoms with Gasteiger partial charge in [0.1, 0.15) is 12.4 Å². The van der Waals surface area contributed by atoms with Crippen molar-refractivity contribution in [1.82, 2.24) is 0 Å². The number of hydrogen-bond acceptors (Lipinski definition) is 4. The molecule has 124 valence electrons. The Morgan fingerprint density at radius 3 is 2.50 bits per heavy atom. The predicted molar refractivity (Wildman–Crippen MR) is 92.5 cm³/mol. The summed E-state index contributed by atoms with van der Waals surface area (Å²) in [6.45, 7) is 5.98. The molecule has 0 spiro atoms. The van der Waals surface area contributed by atoms with Crippen LogP contribution in [-0.2, 0) is 4.74 Å². The van der Waals surface area contributed by atoms with E-state index >= 15 is 0 Å². The summed E-state index contributed by atoms with van der Waals surface area (Å²) in [4.78, 5) is 24.3. The van der Waals surface area contributed by atoms with Crippen molar-refractivity contribution in [2.45, 2.75) is 6.92 Å². The number of hydrogen-bond donors (Lipinski definition) is 1. The maximum atomic E-state index is 12.4. The summed E-state index contributed by atoms with van der Waals surface area (Å²) in [7, 11) is 0. The Labute approximate surface area is 140 Å². The highest BCUT2D eigenvalue weighted by molar-refractivity contribution is 6.08. The van der Waals surface area contributed by atoms with Gasteiger partial charge in [0.2, 0.25) is 0 Å². The van der Waals surface area contributed by atoms with Crippen LogP contribution in [0.2, 0.25) is 0 Å². The van der Waals surface area contributed by atoms with E-state index in [-0.39, 0.29) is 12.5 Å². The summed E-state index contributed by atoms with van der Waals surface area (Å²) in [5, 5.41) is 2.73. The van der Waals surface area contributed by atoms with Gasteiger partial charge in [-0.05, 0) is 43.3 Å². The van der Waals surface area contributed by atoms with Gasteiger partial charge in [0.15, 0.2) is 0 Å². The first-order chi connectivity index (χ1) is 11.7. The van der Waals surface area contributed by atoms with Gasteiger partial charge >= 0.3 is 5.97 Å². The van der Waals surface area contributed by atoms with Crippen LogP contribution < -0.4 is 10.1 Å². The minimum absolute atomic E-state index is 0.271. The Morgan fingerprint density at radius 2 is 1.83 bits per heavy atom. The van der Waals surface area contributed by atoms with Crippen LogP contribution in [0, 0.1) is 0 Å². The van der Waals surface area contributed by atoms with E-state index in [1.165, 1.54) is 0 Å². The summed E-state index contributed by atoms with van der Waals surface area (Å²) in [6.07, 6.45) is 1.65. The van der Waals surface area contributed by atoms with Gasteiger partial charge in [-0.25, -0.2) is 4.79 Å². The van der Waals surface area contributed by atoms with Gasteiger partial charge in [0.05, 0.1) is 17.9 Å². The van der Waals surface area contributed by atoms with Crippen molar-refractivity contribution < 1.29 is 19.1 Å². The number of benzene rings is 2. The van der Waals surface area contributed by atoms with Crippen LogP contribution in [0.5, 0.6) is 5.75 Å². The maximum Gasteiger partial charge on any atom is 0.340 e. The molecule has 0 atom stereocenters. The van der Waals surface area contributed by atoms with E-state index in [0.29, 0.717) is 29.2 Å². The average molecular weight is 325 g/mol. The smallest absolute Gasteiger partial charge is 0.340 e. The largest absolute Gasteiger partial charge is 0.490 e. The van der Waals surface area contributed by atoms with Crippen molar-refractivity contribution in [3.63, 3.8) is 0 Å². The molecule has 1 amide bonds. The number of rotatable bonds is 7. The summed E-state index contributed by atoms with van der Waals surface area (Å²) in [6, 6.07) is 13.4. The highest BCUT2D eigenvalue weighted by atomic mass is 16.5. The molecule has 0 radical (unpaired) electrons. The van der Waals surface area contributed by atoms with Crippen molar-refractivity contribution in [3.05, 3.63) is 72.3 Å². The molecule has 0 fully saturated rings. The number of carbonyl (C=O) groups excluding carboxylic acids is 2. The molecule has 2 aromatic rings. The second-order valence-electron chi connectivity index (χ2n) is 4.84. The zero-order chi connectivity index (χ0) is 17.4. The molecule has 0 saturated heterocycles. The fourth-order valence-corrected chi connectivity index (χ4v) is 2.03. The molecule has 5 heteroatoms. The maximum absolute atomic E-state index is 12.4. The first kappa shape index (κ1) is 17.3. The lowest BCUT2D eigenvalue weighted by atomic mass is 10.1. The van der Waals surface area contributed by atoms with E-state index in [2.05, 4.69) is 11.9 Å². The Morgan fingerprint density at radius 1 is 1.12 bits per heavy atom. The Hall–Kier alpha value is -3.08. The lowest BCUT2D eigenvalue weighted by molar-refractivity contribution is 0.0527. The van der Waals surface area contributed by atoms with Gasteiger partial charge < -0.3 is 14.8 Å². The van der Waals surface area contributed by atoms with Crippen molar-refractivity contribution in [3.8, 4) is 5.75 Å². The van der Waals surface area contributed by atoms with Gasteiger partial charge in [0.25, 0.3) is 5.91 Å². The minimum atomic E-state index is -0.471.